The molecule has 0 spiro atoms. The molecular formula is C31H36N2O4S. The van der Waals surface area contributed by atoms with Gasteiger partial charge in [0.2, 0.25) is 5.91 Å². The molecule has 0 aromatic heterocycles. The number of nitrogens with one attached hydrogen (secondary N) is 1. The lowest BCUT2D eigenvalue weighted by molar-refractivity contribution is -0.121. The van der Waals surface area contributed by atoms with Crippen LogP contribution in [0.25, 0.3) is 11.1 Å². The molecule has 1 saturated heterocycles. The van der Waals surface area contributed by atoms with Gasteiger partial charge in [-0.3, -0.25) is 9.69 Å². The van der Waals surface area contributed by atoms with Gasteiger partial charge >= 0.3 is 6.09 Å². The molecule has 7 heteroatoms. The first kappa shape index (κ1) is 27.7. The number of carbonyl (C=O) groups excluding carboxylic acids is 2. The molecule has 1 fully saturated rings. The first-order valence-corrected chi connectivity index (χ1v) is 13.8. The lowest BCUT2D eigenvalue weighted by Crippen LogP contribution is -2.53. The Morgan fingerprint density at radius 3 is 2.24 bits per heavy atom. The van der Waals surface area contributed by atoms with Crippen LogP contribution in [0.5, 0.6) is 0 Å². The van der Waals surface area contributed by atoms with E-state index in [9.17, 15) is 9.59 Å². The standard InChI is InChI=1S/C31H36N2O4S/c1-30(2,3)37-29(35)33-27(21-36-31(33,4)5)28(34)32-25-15-17-26(18-16-25)38-20-19-22-11-13-24(14-12-22)23-9-7-6-8-10-23/h6-18,27H,19-21H2,1-5H3,(H,32,34). The molecule has 0 bridgehead atoms. The highest BCUT2D eigenvalue weighted by molar-refractivity contribution is 7.99. The number of rotatable bonds is 7. The second kappa shape index (κ2) is 11.6. The zero-order valence-electron chi connectivity index (χ0n) is 22.7. The third kappa shape index (κ3) is 7.17. The van der Waals surface area contributed by atoms with E-state index >= 15 is 0 Å². The van der Waals surface area contributed by atoms with Crippen molar-refractivity contribution in [3.05, 3.63) is 84.4 Å². The quantitative estimate of drug-likeness (QED) is 0.332. The number of ether oxygens (including phenoxy) is 2. The molecule has 200 valence electrons. The van der Waals surface area contributed by atoms with Crippen LogP contribution in [0.4, 0.5) is 10.5 Å². The summed E-state index contributed by atoms with van der Waals surface area (Å²) in [6.45, 7) is 9.02. The number of carbonyl (C=O) groups is 2. The Labute approximate surface area is 229 Å². The van der Waals surface area contributed by atoms with Crippen molar-refractivity contribution < 1.29 is 19.1 Å². The molecule has 6 nitrogen and oxygen atoms in total. The highest BCUT2D eigenvalue weighted by atomic mass is 32.2. The van der Waals surface area contributed by atoms with Gasteiger partial charge in [-0.15, -0.1) is 11.8 Å². The molecule has 1 heterocycles. The van der Waals surface area contributed by atoms with Gasteiger partial charge in [0.15, 0.2) is 0 Å². The number of nitrogens with zero attached hydrogens (tertiary/aromatic N) is 1. The highest BCUT2D eigenvalue weighted by Crippen LogP contribution is 2.30. The minimum atomic E-state index is -0.938. The van der Waals surface area contributed by atoms with Crippen LogP contribution in [0.2, 0.25) is 0 Å². The molecular weight excluding hydrogens is 496 g/mol. The Morgan fingerprint density at radius 1 is 0.974 bits per heavy atom. The molecule has 0 aliphatic carbocycles. The third-order valence-electron chi connectivity index (χ3n) is 6.22. The molecule has 38 heavy (non-hydrogen) atoms. The lowest BCUT2D eigenvalue weighted by Gasteiger charge is -2.34. The van der Waals surface area contributed by atoms with Gasteiger partial charge < -0.3 is 14.8 Å². The van der Waals surface area contributed by atoms with Gasteiger partial charge in [0.25, 0.3) is 0 Å². The van der Waals surface area contributed by atoms with Crippen LogP contribution in [0.15, 0.2) is 83.8 Å². The van der Waals surface area contributed by atoms with E-state index in [1.807, 2.05) is 30.3 Å². The largest absolute Gasteiger partial charge is 0.444 e. The Hall–Kier alpha value is -3.29. The van der Waals surface area contributed by atoms with E-state index in [4.69, 9.17) is 9.47 Å². The van der Waals surface area contributed by atoms with Gasteiger partial charge in [-0.25, -0.2) is 4.79 Å². The maximum absolute atomic E-state index is 13.1. The van der Waals surface area contributed by atoms with E-state index in [0.717, 1.165) is 17.1 Å². The molecule has 3 aromatic carbocycles. The predicted molar refractivity (Wildman–Crippen MR) is 153 cm³/mol. The Morgan fingerprint density at radius 2 is 1.61 bits per heavy atom. The fourth-order valence-electron chi connectivity index (χ4n) is 4.29. The van der Waals surface area contributed by atoms with Crippen LogP contribution in [-0.2, 0) is 20.7 Å². The minimum absolute atomic E-state index is 0.109. The number of hydrogen-bond donors (Lipinski definition) is 1. The van der Waals surface area contributed by atoms with Crippen molar-refractivity contribution in [3.63, 3.8) is 0 Å². The SMILES string of the molecule is CC(C)(C)OC(=O)N1C(C(=O)Nc2ccc(SCCc3ccc(-c4ccccc4)cc3)cc2)COC1(C)C. The van der Waals surface area contributed by atoms with Crippen LogP contribution in [0, 0.1) is 0 Å². The number of anilines is 1. The summed E-state index contributed by atoms with van der Waals surface area (Å²) in [6, 6.07) is 26.1. The van der Waals surface area contributed by atoms with Crippen molar-refractivity contribution in [1.82, 2.24) is 4.90 Å². The zero-order chi connectivity index (χ0) is 27.3. The van der Waals surface area contributed by atoms with Crippen LogP contribution >= 0.6 is 11.8 Å². The summed E-state index contributed by atoms with van der Waals surface area (Å²) in [5.41, 5.74) is 2.81. The van der Waals surface area contributed by atoms with E-state index < -0.39 is 23.5 Å². The number of amides is 2. The molecule has 1 aliphatic rings. The monoisotopic (exact) mass is 532 g/mol. The molecule has 2 amide bonds. The summed E-state index contributed by atoms with van der Waals surface area (Å²) in [5, 5.41) is 2.92. The Balaban J connectivity index is 1.29. The van der Waals surface area contributed by atoms with Gasteiger partial charge in [-0.1, -0.05) is 54.6 Å². The van der Waals surface area contributed by atoms with E-state index in [2.05, 4.69) is 53.8 Å². The average Bonchev–Trinajstić information content (AvgIpc) is 3.20. The summed E-state index contributed by atoms with van der Waals surface area (Å²) >= 11 is 1.78. The van der Waals surface area contributed by atoms with Crippen LogP contribution in [-0.4, -0.2) is 46.6 Å². The van der Waals surface area contributed by atoms with Gasteiger partial charge in [0, 0.05) is 16.3 Å². The normalized spacial score (nSPS) is 16.8. The van der Waals surface area contributed by atoms with Crippen LogP contribution < -0.4 is 5.32 Å². The van der Waals surface area contributed by atoms with Gasteiger partial charge in [0.1, 0.15) is 17.4 Å². The molecule has 4 rings (SSSR count). The van der Waals surface area contributed by atoms with Crippen molar-refractivity contribution in [3.8, 4) is 11.1 Å². The first-order valence-electron chi connectivity index (χ1n) is 12.9. The number of benzene rings is 3. The van der Waals surface area contributed by atoms with E-state index in [1.54, 1.807) is 46.4 Å². The topological polar surface area (TPSA) is 67.9 Å². The minimum Gasteiger partial charge on any atom is -0.444 e. The fourth-order valence-corrected chi connectivity index (χ4v) is 5.20. The van der Waals surface area contributed by atoms with E-state index in [1.165, 1.54) is 21.6 Å². The first-order chi connectivity index (χ1) is 18.0. The van der Waals surface area contributed by atoms with Crippen LogP contribution in [0.3, 0.4) is 0 Å². The molecule has 1 unspecified atom stereocenters. The van der Waals surface area contributed by atoms with Gasteiger partial charge in [-0.05, 0) is 82.0 Å². The molecule has 1 N–H and O–H groups in total. The Kier molecular flexibility index (Phi) is 8.48. The molecule has 1 atom stereocenters. The number of aryl methyl sites for hydroxylation is 1. The van der Waals surface area contributed by atoms with Crippen molar-refractivity contribution in [2.24, 2.45) is 0 Å². The van der Waals surface area contributed by atoms with Gasteiger partial charge in [0.05, 0.1) is 6.61 Å². The van der Waals surface area contributed by atoms with Crippen molar-refractivity contribution in [2.45, 2.75) is 63.3 Å². The summed E-state index contributed by atoms with van der Waals surface area (Å²) < 4.78 is 11.3. The van der Waals surface area contributed by atoms with E-state index in [-0.39, 0.29) is 12.5 Å². The smallest absolute Gasteiger partial charge is 0.413 e. The summed E-state index contributed by atoms with van der Waals surface area (Å²) in [4.78, 5) is 28.4. The summed E-state index contributed by atoms with van der Waals surface area (Å²) in [5.74, 6) is 0.649. The second-order valence-corrected chi connectivity index (χ2v) is 12.0. The third-order valence-corrected chi connectivity index (χ3v) is 7.24. The van der Waals surface area contributed by atoms with Crippen LogP contribution in [0.1, 0.15) is 40.2 Å². The number of thioether (sulfide) groups is 1. The summed E-state index contributed by atoms with van der Waals surface area (Å²) in [6.07, 6.45) is 0.400. The van der Waals surface area contributed by atoms with Crippen molar-refractivity contribution in [2.75, 3.05) is 17.7 Å². The molecule has 3 aromatic rings. The average molecular weight is 533 g/mol. The number of hydrogen-bond acceptors (Lipinski definition) is 5. The van der Waals surface area contributed by atoms with Crippen molar-refractivity contribution in [1.29, 1.82) is 0 Å². The molecule has 0 radical (unpaired) electrons. The fraction of sp³-hybridized carbons (Fsp3) is 0.355. The summed E-state index contributed by atoms with van der Waals surface area (Å²) in [7, 11) is 0. The zero-order valence-corrected chi connectivity index (χ0v) is 23.5. The maximum Gasteiger partial charge on any atom is 0.413 e. The molecule has 0 saturated carbocycles. The Bertz CT molecular complexity index is 1240. The van der Waals surface area contributed by atoms with E-state index in [0.29, 0.717) is 5.69 Å². The molecule has 1 aliphatic heterocycles. The van der Waals surface area contributed by atoms with Gasteiger partial charge in [-0.2, -0.15) is 0 Å². The second-order valence-electron chi connectivity index (χ2n) is 10.8. The lowest BCUT2D eigenvalue weighted by atomic mass is 10.0. The highest BCUT2D eigenvalue weighted by Gasteiger charge is 2.48. The van der Waals surface area contributed by atoms with Crippen molar-refractivity contribution >= 4 is 29.4 Å². The predicted octanol–water partition coefficient (Wildman–Crippen LogP) is 7.00. The maximum atomic E-state index is 13.1.